The molecule has 2 aromatic carbocycles. The lowest BCUT2D eigenvalue weighted by molar-refractivity contribution is -0.148. The van der Waals surface area contributed by atoms with E-state index in [0.29, 0.717) is 36.9 Å². The van der Waals surface area contributed by atoms with Crippen LogP contribution in [0.3, 0.4) is 0 Å². The summed E-state index contributed by atoms with van der Waals surface area (Å²) in [5, 5.41) is 9.26. The molecule has 0 aromatic heterocycles. The number of hydrogen-bond acceptors (Lipinski definition) is 4. The summed E-state index contributed by atoms with van der Waals surface area (Å²) in [6.07, 6.45) is 5.10. The zero-order valence-corrected chi connectivity index (χ0v) is 21.4. The molecule has 4 rings (SSSR count). The molecule has 7 heteroatoms. The van der Waals surface area contributed by atoms with Crippen molar-refractivity contribution in [3.63, 3.8) is 0 Å². The van der Waals surface area contributed by atoms with Crippen LogP contribution in [0.15, 0.2) is 48.5 Å². The third-order valence-electron chi connectivity index (χ3n) is 7.46. The fourth-order valence-corrected chi connectivity index (χ4v) is 5.21. The smallest absolute Gasteiger partial charge is 0.312 e. The molecule has 0 saturated heterocycles. The van der Waals surface area contributed by atoms with Crippen molar-refractivity contribution in [2.75, 3.05) is 24.6 Å². The molecule has 2 aliphatic rings. The number of carboxylic acids is 1. The van der Waals surface area contributed by atoms with E-state index in [1.165, 1.54) is 12.8 Å². The van der Waals surface area contributed by atoms with Crippen LogP contribution in [0.2, 0.25) is 0 Å². The molecule has 0 unspecified atom stereocenters. The first-order chi connectivity index (χ1) is 17.2. The van der Waals surface area contributed by atoms with Crippen LogP contribution >= 0.6 is 0 Å². The normalized spacial score (nSPS) is 18.0. The van der Waals surface area contributed by atoms with Crippen molar-refractivity contribution in [2.45, 2.75) is 64.8 Å². The Kier molecular flexibility index (Phi) is 7.67. The molecule has 1 heterocycles. The Labute approximate surface area is 213 Å². The number of benzene rings is 2. The quantitative estimate of drug-likeness (QED) is 0.554. The van der Waals surface area contributed by atoms with Gasteiger partial charge in [0.05, 0.1) is 11.3 Å². The standard InChI is InChI=1S/C29H36N2O5/c1-4-30(21-9-5-6-10-21)27(33)24-17-18-31(25-12-8-7-11-23(24)25)26(32)20-13-15-22(16-14-20)36-19-29(2,3)28(34)35/h7-8,11-16,21,24H,4-6,9-10,17-19H2,1-3H3,(H,34,35)/t24-/m0/s1. The largest absolute Gasteiger partial charge is 0.492 e. The number of hydrogen-bond donors (Lipinski definition) is 1. The molecule has 192 valence electrons. The lowest BCUT2D eigenvalue weighted by Crippen LogP contribution is -2.45. The highest BCUT2D eigenvalue weighted by atomic mass is 16.5. The van der Waals surface area contributed by atoms with Crippen LogP contribution in [-0.2, 0) is 9.59 Å². The molecule has 1 saturated carbocycles. The van der Waals surface area contributed by atoms with E-state index in [1.54, 1.807) is 43.0 Å². The Bertz CT molecular complexity index is 1100. The predicted octanol–water partition coefficient (Wildman–Crippen LogP) is 5.10. The highest BCUT2D eigenvalue weighted by Crippen LogP contribution is 2.38. The zero-order chi connectivity index (χ0) is 25.9. The second-order valence-electron chi connectivity index (χ2n) is 10.4. The van der Waals surface area contributed by atoms with Gasteiger partial charge in [0, 0.05) is 30.4 Å². The number of carbonyl (C=O) groups excluding carboxylic acids is 2. The van der Waals surface area contributed by atoms with E-state index in [0.717, 1.165) is 24.1 Å². The summed E-state index contributed by atoms with van der Waals surface area (Å²) < 4.78 is 5.64. The SMILES string of the molecule is CCN(C(=O)[C@H]1CCN(C(=O)c2ccc(OCC(C)(C)C(=O)O)cc2)c2ccccc21)C1CCCC1. The number of likely N-dealkylation sites (N-methyl/N-ethyl adjacent to an activating group) is 1. The van der Waals surface area contributed by atoms with Gasteiger partial charge in [0.1, 0.15) is 12.4 Å². The van der Waals surface area contributed by atoms with E-state index in [9.17, 15) is 19.5 Å². The van der Waals surface area contributed by atoms with Crippen LogP contribution in [0.1, 0.15) is 74.7 Å². The van der Waals surface area contributed by atoms with Gasteiger partial charge in [-0.1, -0.05) is 31.0 Å². The van der Waals surface area contributed by atoms with Crippen LogP contribution in [0, 0.1) is 5.41 Å². The molecule has 2 aromatic rings. The third-order valence-corrected chi connectivity index (χ3v) is 7.46. The molecular formula is C29H36N2O5. The van der Waals surface area contributed by atoms with Gasteiger partial charge in [-0.15, -0.1) is 0 Å². The predicted molar refractivity (Wildman–Crippen MR) is 138 cm³/mol. The van der Waals surface area contributed by atoms with Crippen molar-refractivity contribution in [1.29, 1.82) is 0 Å². The first-order valence-electron chi connectivity index (χ1n) is 12.9. The van der Waals surface area contributed by atoms with Crippen molar-refractivity contribution in [3.05, 3.63) is 59.7 Å². The summed E-state index contributed by atoms with van der Waals surface area (Å²) >= 11 is 0. The minimum Gasteiger partial charge on any atom is -0.492 e. The van der Waals surface area contributed by atoms with Crippen molar-refractivity contribution in [3.8, 4) is 5.75 Å². The second kappa shape index (κ2) is 10.7. The van der Waals surface area contributed by atoms with E-state index in [4.69, 9.17) is 4.74 Å². The zero-order valence-electron chi connectivity index (χ0n) is 21.4. The Morgan fingerprint density at radius 1 is 1.03 bits per heavy atom. The van der Waals surface area contributed by atoms with Gasteiger partial charge in [-0.3, -0.25) is 14.4 Å². The molecule has 0 spiro atoms. The summed E-state index contributed by atoms with van der Waals surface area (Å²) in [4.78, 5) is 42.2. The number of fused-ring (bicyclic) bond motifs is 1. The molecule has 0 bridgehead atoms. The van der Waals surface area contributed by atoms with E-state index in [2.05, 4.69) is 11.8 Å². The van der Waals surface area contributed by atoms with Crippen LogP contribution < -0.4 is 9.64 Å². The maximum absolute atomic E-state index is 13.6. The van der Waals surface area contributed by atoms with Gasteiger partial charge in [-0.05, 0) is 75.9 Å². The van der Waals surface area contributed by atoms with Crippen molar-refractivity contribution in [1.82, 2.24) is 4.90 Å². The monoisotopic (exact) mass is 492 g/mol. The van der Waals surface area contributed by atoms with Crippen LogP contribution in [0.25, 0.3) is 0 Å². The Morgan fingerprint density at radius 2 is 1.69 bits per heavy atom. The number of amides is 2. The number of nitrogens with zero attached hydrogens (tertiary/aromatic N) is 2. The summed E-state index contributed by atoms with van der Waals surface area (Å²) in [6, 6.07) is 14.8. The van der Waals surface area contributed by atoms with Crippen molar-refractivity contribution >= 4 is 23.5 Å². The number of ether oxygens (including phenoxy) is 1. The van der Waals surface area contributed by atoms with Gasteiger partial charge in [0.15, 0.2) is 0 Å². The number of anilines is 1. The molecule has 36 heavy (non-hydrogen) atoms. The average molecular weight is 493 g/mol. The topological polar surface area (TPSA) is 87.2 Å². The molecular weight excluding hydrogens is 456 g/mol. The summed E-state index contributed by atoms with van der Waals surface area (Å²) in [6.45, 7) is 6.47. The highest BCUT2D eigenvalue weighted by molar-refractivity contribution is 6.07. The summed E-state index contributed by atoms with van der Waals surface area (Å²) in [5.41, 5.74) is 1.21. The summed E-state index contributed by atoms with van der Waals surface area (Å²) in [7, 11) is 0. The molecule has 1 fully saturated rings. The van der Waals surface area contributed by atoms with Gasteiger partial charge in [-0.2, -0.15) is 0 Å². The van der Waals surface area contributed by atoms with Gasteiger partial charge in [0.25, 0.3) is 5.91 Å². The number of carboxylic acid groups (broad SMARTS) is 1. The van der Waals surface area contributed by atoms with Gasteiger partial charge < -0.3 is 19.6 Å². The number of rotatable bonds is 8. The van der Waals surface area contributed by atoms with Crippen LogP contribution in [0.5, 0.6) is 5.75 Å². The molecule has 1 N–H and O–H groups in total. The first kappa shape index (κ1) is 25.7. The number of para-hydroxylation sites is 1. The van der Waals surface area contributed by atoms with E-state index in [1.807, 2.05) is 24.3 Å². The average Bonchev–Trinajstić information content (AvgIpc) is 3.41. The summed E-state index contributed by atoms with van der Waals surface area (Å²) in [5.74, 6) is -0.611. The van der Waals surface area contributed by atoms with Gasteiger partial charge in [-0.25, -0.2) is 0 Å². The van der Waals surface area contributed by atoms with Crippen LogP contribution in [0.4, 0.5) is 5.69 Å². The van der Waals surface area contributed by atoms with Crippen molar-refractivity contribution < 1.29 is 24.2 Å². The van der Waals surface area contributed by atoms with E-state index in [-0.39, 0.29) is 24.3 Å². The first-order valence-corrected chi connectivity index (χ1v) is 12.9. The van der Waals surface area contributed by atoms with E-state index < -0.39 is 11.4 Å². The molecule has 1 aliphatic carbocycles. The molecule has 1 atom stereocenters. The Hall–Kier alpha value is -3.35. The maximum atomic E-state index is 13.6. The number of carbonyl (C=O) groups is 3. The van der Waals surface area contributed by atoms with Gasteiger partial charge >= 0.3 is 5.97 Å². The van der Waals surface area contributed by atoms with E-state index >= 15 is 0 Å². The van der Waals surface area contributed by atoms with Crippen molar-refractivity contribution in [2.24, 2.45) is 5.41 Å². The molecule has 1 aliphatic heterocycles. The minimum atomic E-state index is -1.01. The lowest BCUT2D eigenvalue weighted by Gasteiger charge is -2.37. The fraction of sp³-hybridized carbons (Fsp3) is 0.483. The number of aliphatic carboxylic acids is 1. The minimum absolute atomic E-state index is 0.0280. The molecule has 7 nitrogen and oxygen atoms in total. The third kappa shape index (κ3) is 5.25. The Balaban J connectivity index is 1.50. The van der Waals surface area contributed by atoms with Crippen LogP contribution in [-0.4, -0.2) is 53.5 Å². The second-order valence-corrected chi connectivity index (χ2v) is 10.4. The molecule has 0 radical (unpaired) electrons. The highest BCUT2D eigenvalue weighted by Gasteiger charge is 2.37. The van der Waals surface area contributed by atoms with Gasteiger partial charge in [0.2, 0.25) is 5.91 Å². The fourth-order valence-electron chi connectivity index (χ4n) is 5.21. The maximum Gasteiger partial charge on any atom is 0.312 e. The lowest BCUT2D eigenvalue weighted by atomic mass is 9.87. The molecule has 2 amide bonds. The Morgan fingerprint density at radius 3 is 2.33 bits per heavy atom.